The van der Waals surface area contributed by atoms with Crippen LogP contribution in [0.25, 0.3) is 0 Å². The smallest absolute Gasteiger partial charge is 0.0235 e. The van der Waals surface area contributed by atoms with Gasteiger partial charge in [-0.2, -0.15) is 11.8 Å². The van der Waals surface area contributed by atoms with Gasteiger partial charge < -0.3 is 0 Å². The molecule has 1 aliphatic rings. The molecule has 0 amide bonds. The van der Waals surface area contributed by atoms with Crippen LogP contribution in [0.3, 0.4) is 0 Å². The first-order chi connectivity index (χ1) is 6.88. The lowest BCUT2D eigenvalue weighted by Crippen LogP contribution is -2.42. The Morgan fingerprint density at radius 3 is 2.64 bits per heavy atom. The Morgan fingerprint density at radius 2 is 2.14 bits per heavy atom. The average molecular weight is 236 g/mol. The molecule has 0 spiro atoms. The van der Waals surface area contributed by atoms with Crippen molar-refractivity contribution in [2.75, 3.05) is 30.5 Å². The van der Waals surface area contributed by atoms with Gasteiger partial charge in [-0.3, -0.25) is 4.90 Å². The summed E-state index contributed by atoms with van der Waals surface area (Å²) in [7, 11) is 0. The second-order valence-electron chi connectivity index (χ2n) is 3.86. The molecular formula is C11H22ClNS. The van der Waals surface area contributed by atoms with Gasteiger partial charge in [0.05, 0.1) is 0 Å². The van der Waals surface area contributed by atoms with Gasteiger partial charge in [-0.1, -0.05) is 13.3 Å². The molecule has 0 N–H and O–H groups in total. The number of halogens is 1. The lowest BCUT2D eigenvalue weighted by atomic mass is 9.91. The van der Waals surface area contributed by atoms with Crippen LogP contribution in [0.5, 0.6) is 0 Å². The molecule has 0 heterocycles. The Hall–Kier alpha value is 0.600. The van der Waals surface area contributed by atoms with E-state index in [9.17, 15) is 0 Å². The average Bonchev–Trinajstić information content (AvgIpc) is 2.11. The van der Waals surface area contributed by atoms with Crippen LogP contribution >= 0.6 is 23.4 Å². The van der Waals surface area contributed by atoms with Crippen LogP contribution in [0.15, 0.2) is 0 Å². The van der Waals surface area contributed by atoms with E-state index in [0.717, 1.165) is 18.3 Å². The molecule has 14 heavy (non-hydrogen) atoms. The Balaban J connectivity index is 2.14. The highest BCUT2D eigenvalue weighted by molar-refractivity contribution is 7.99. The summed E-state index contributed by atoms with van der Waals surface area (Å²) >= 11 is 7.79. The minimum absolute atomic E-state index is 0.810. The summed E-state index contributed by atoms with van der Waals surface area (Å²) in [6.45, 7) is 4.70. The van der Waals surface area contributed by atoms with Crippen molar-refractivity contribution < 1.29 is 0 Å². The van der Waals surface area contributed by atoms with E-state index >= 15 is 0 Å². The van der Waals surface area contributed by atoms with Crippen LogP contribution in [0.1, 0.15) is 32.6 Å². The van der Waals surface area contributed by atoms with Crippen molar-refractivity contribution in [3.8, 4) is 0 Å². The second-order valence-corrected chi connectivity index (χ2v) is 5.63. The first kappa shape index (κ1) is 12.7. The largest absolute Gasteiger partial charge is 0.300 e. The minimum Gasteiger partial charge on any atom is -0.300 e. The van der Waals surface area contributed by atoms with Gasteiger partial charge in [0.25, 0.3) is 0 Å². The molecule has 1 rings (SSSR count). The van der Waals surface area contributed by atoms with Gasteiger partial charge in [0.2, 0.25) is 0 Å². The third kappa shape index (κ3) is 4.41. The van der Waals surface area contributed by atoms with E-state index in [0.29, 0.717) is 0 Å². The van der Waals surface area contributed by atoms with E-state index in [2.05, 4.69) is 11.8 Å². The normalized spacial score (nSPS) is 17.4. The molecule has 1 fully saturated rings. The lowest BCUT2D eigenvalue weighted by Gasteiger charge is -2.37. The summed E-state index contributed by atoms with van der Waals surface area (Å²) in [5, 5.41) is 0. The van der Waals surface area contributed by atoms with Gasteiger partial charge in [0.1, 0.15) is 0 Å². The molecule has 3 heteroatoms. The van der Waals surface area contributed by atoms with Gasteiger partial charge in [-0.25, -0.2) is 0 Å². The van der Waals surface area contributed by atoms with Gasteiger partial charge >= 0.3 is 0 Å². The summed E-state index contributed by atoms with van der Waals surface area (Å²) in [5.41, 5.74) is 0. The molecule has 0 atom stereocenters. The number of nitrogens with zero attached hydrogens (tertiary/aromatic N) is 1. The van der Waals surface area contributed by atoms with E-state index in [1.165, 1.54) is 43.9 Å². The number of alkyl halides is 1. The molecule has 0 aromatic heterocycles. The first-order valence-electron chi connectivity index (χ1n) is 5.76. The number of thioether (sulfide) groups is 1. The zero-order valence-electron chi connectivity index (χ0n) is 9.17. The maximum Gasteiger partial charge on any atom is 0.0235 e. The summed E-state index contributed by atoms with van der Waals surface area (Å²) in [6.07, 6.45) is 5.41. The fraction of sp³-hybridized carbons (Fsp3) is 1.00. The highest BCUT2D eigenvalue weighted by Crippen LogP contribution is 2.25. The first-order valence-corrected chi connectivity index (χ1v) is 7.45. The summed E-state index contributed by atoms with van der Waals surface area (Å²) in [5.74, 6) is 3.34. The standard InChI is InChI=1S/C11H22ClNS/c1-2-14-10-9-13(8-4-7-12)11-5-3-6-11/h11H,2-10H2,1H3. The Morgan fingerprint density at radius 1 is 1.36 bits per heavy atom. The molecule has 0 aliphatic heterocycles. The van der Waals surface area contributed by atoms with Gasteiger partial charge in [-0.15, -0.1) is 11.6 Å². The molecule has 0 aromatic carbocycles. The number of hydrogen-bond acceptors (Lipinski definition) is 2. The molecular weight excluding hydrogens is 214 g/mol. The van der Waals surface area contributed by atoms with Crippen LogP contribution in [0, 0.1) is 0 Å². The van der Waals surface area contributed by atoms with E-state index < -0.39 is 0 Å². The van der Waals surface area contributed by atoms with Gasteiger partial charge in [0, 0.05) is 24.2 Å². The van der Waals surface area contributed by atoms with Crippen molar-refractivity contribution in [2.45, 2.75) is 38.6 Å². The van der Waals surface area contributed by atoms with Crippen molar-refractivity contribution in [1.82, 2.24) is 4.90 Å². The zero-order chi connectivity index (χ0) is 10.2. The Labute approximate surface area is 97.6 Å². The highest BCUT2D eigenvalue weighted by Gasteiger charge is 2.23. The third-order valence-electron chi connectivity index (χ3n) is 2.90. The fourth-order valence-electron chi connectivity index (χ4n) is 1.82. The molecule has 1 nitrogen and oxygen atoms in total. The molecule has 0 radical (unpaired) electrons. The number of hydrogen-bond donors (Lipinski definition) is 0. The van der Waals surface area contributed by atoms with E-state index in [1.807, 2.05) is 11.8 Å². The zero-order valence-corrected chi connectivity index (χ0v) is 10.7. The van der Waals surface area contributed by atoms with Crippen LogP contribution < -0.4 is 0 Å². The maximum atomic E-state index is 5.74. The predicted molar refractivity (Wildman–Crippen MR) is 67.5 cm³/mol. The molecule has 0 aromatic rings. The van der Waals surface area contributed by atoms with Gasteiger partial charge in [-0.05, 0) is 31.6 Å². The molecule has 84 valence electrons. The van der Waals surface area contributed by atoms with Crippen molar-refractivity contribution in [1.29, 1.82) is 0 Å². The fourth-order valence-corrected chi connectivity index (χ4v) is 2.59. The topological polar surface area (TPSA) is 3.24 Å². The molecule has 1 aliphatic carbocycles. The monoisotopic (exact) mass is 235 g/mol. The van der Waals surface area contributed by atoms with Crippen molar-refractivity contribution >= 4 is 23.4 Å². The SMILES string of the molecule is CCSCCN(CCCCl)C1CCC1. The van der Waals surface area contributed by atoms with E-state index in [-0.39, 0.29) is 0 Å². The molecule has 1 saturated carbocycles. The van der Waals surface area contributed by atoms with Crippen LogP contribution in [0.4, 0.5) is 0 Å². The maximum absolute atomic E-state index is 5.74. The van der Waals surface area contributed by atoms with Crippen LogP contribution in [-0.4, -0.2) is 41.4 Å². The van der Waals surface area contributed by atoms with Crippen molar-refractivity contribution in [3.05, 3.63) is 0 Å². The molecule has 0 bridgehead atoms. The van der Waals surface area contributed by atoms with Gasteiger partial charge in [0.15, 0.2) is 0 Å². The minimum atomic E-state index is 0.810. The highest BCUT2D eigenvalue weighted by atomic mass is 35.5. The Kier molecular flexibility index (Phi) is 7.09. The van der Waals surface area contributed by atoms with E-state index in [1.54, 1.807) is 0 Å². The second kappa shape index (κ2) is 7.84. The molecule has 0 unspecified atom stereocenters. The van der Waals surface area contributed by atoms with E-state index in [4.69, 9.17) is 11.6 Å². The van der Waals surface area contributed by atoms with Crippen LogP contribution in [-0.2, 0) is 0 Å². The quantitative estimate of drug-likeness (QED) is 0.470. The summed E-state index contributed by atoms with van der Waals surface area (Å²) < 4.78 is 0. The molecule has 0 saturated heterocycles. The predicted octanol–water partition coefficient (Wildman–Crippen LogP) is 3.22. The summed E-state index contributed by atoms with van der Waals surface area (Å²) in [6, 6.07) is 0.885. The third-order valence-corrected chi connectivity index (χ3v) is 4.04. The van der Waals surface area contributed by atoms with Crippen LogP contribution in [0.2, 0.25) is 0 Å². The van der Waals surface area contributed by atoms with Crippen molar-refractivity contribution in [3.63, 3.8) is 0 Å². The Bertz CT molecular complexity index is 139. The number of rotatable bonds is 8. The summed E-state index contributed by atoms with van der Waals surface area (Å²) in [4.78, 5) is 2.65. The lowest BCUT2D eigenvalue weighted by molar-refractivity contribution is 0.136. The van der Waals surface area contributed by atoms with Crippen molar-refractivity contribution in [2.24, 2.45) is 0 Å².